The number of hydrogen-bond acceptors (Lipinski definition) is 8. The zero-order chi connectivity index (χ0) is 31.3. The Kier molecular flexibility index (Phi) is 11.7. The van der Waals surface area contributed by atoms with Gasteiger partial charge in [-0.1, -0.05) is 12.1 Å². The van der Waals surface area contributed by atoms with Gasteiger partial charge in [0, 0.05) is 72.6 Å². The number of nitrogens with zero attached hydrogens (tertiary/aromatic N) is 2. The molecule has 0 spiro atoms. The number of methoxy groups -OCH3 is 2. The molecule has 0 radical (unpaired) electrons. The Morgan fingerprint density at radius 1 is 0.727 bits per heavy atom. The molecule has 0 saturated carbocycles. The third-order valence-electron chi connectivity index (χ3n) is 7.24. The number of nitrogens with one attached hydrogen (secondary N) is 4. The lowest BCUT2D eigenvalue weighted by Crippen LogP contribution is -2.26. The van der Waals surface area contributed by atoms with E-state index in [0.29, 0.717) is 13.1 Å². The van der Waals surface area contributed by atoms with E-state index in [0.717, 1.165) is 70.4 Å². The van der Waals surface area contributed by atoms with E-state index < -0.39 is 0 Å². The van der Waals surface area contributed by atoms with Crippen molar-refractivity contribution in [3.05, 3.63) is 73.1 Å². The molecule has 10 heteroatoms. The summed E-state index contributed by atoms with van der Waals surface area (Å²) in [4.78, 5) is 33.4. The molecule has 2 heterocycles. The van der Waals surface area contributed by atoms with Crippen LogP contribution in [0.4, 0.5) is 11.4 Å². The number of hydrogen-bond donors (Lipinski definition) is 4. The van der Waals surface area contributed by atoms with Crippen LogP contribution in [0.25, 0.3) is 21.8 Å². The van der Waals surface area contributed by atoms with E-state index in [1.54, 1.807) is 26.6 Å². The summed E-state index contributed by atoms with van der Waals surface area (Å²) >= 11 is 0. The standard InChI is InChI=1S/C34H42N6O4/c1-23(39-29-21-27(43-3)19-25-11-7-17-37-33(25)29)9-5-15-35-31(41)13-14-32(42)36-16-6-10-24(2)40-30-22-28(44-4)20-26-12-8-18-38-34(26)30/h7-8,11-14,17-24,39-40H,5-6,9-10,15-16H2,1-4H3,(H,35,41)(H,36,42)/b14-13-. The summed E-state index contributed by atoms with van der Waals surface area (Å²) in [7, 11) is 3.30. The Bertz CT molecular complexity index is 1470. The molecule has 0 bridgehead atoms. The van der Waals surface area contributed by atoms with Crippen molar-refractivity contribution in [1.29, 1.82) is 0 Å². The zero-order valence-electron chi connectivity index (χ0n) is 25.9. The quantitative estimate of drug-likeness (QED) is 0.0991. The van der Waals surface area contributed by atoms with Crippen molar-refractivity contribution in [3.8, 4) is 11.5 Å². The van der Waals surface area contributed by atoms with Crippen molar-refractivity contribution < 1.29 is 19.1 Å². The summed E-state index contributed by atoms with van der Waals surface area (Å²) in [6.45, 7) is 5.21. The molecular weight excluding hydrogens is 556 g/mol. The molecule has 232 valence electrons. The van der Waals surface area contributed by atoms with Gasteiger partial charge in [-0.2, -0.15) is 0 Å². The highest BCUT2D eigenvalue weighted by Gasteiger charge is 2.11. The van der Waals surface area contributed by atoms with E-state index in [-0.39, 0.29) is 23.9 Å². The summed E-state index contributed by atoms with van der Waals surface area (Å²) in [6, 6.07) is 16.0. The molecule has 0 saturated heterocycles. The fourth-order valence-corrected chi connectivity index (χ4v) is 4.97. The fraction of sp³-hybridized carbons (Fsp3) is 0.353. The second-order valence-electron chi connectivity index (χ2n) is 10.8. The van der Waals surface area contributed by atoms with Crippen molar-refractivity contribution in [2.75, 3.05) is 37.9 Å². The predicted octanol–water partition coefficient (Wildman–Crippen LogP) is 5.45. The van der Waals surface area contributed by atoms with Crippen LogP contribution in [0.15, 0.2) is 73.1 Å². The minimum atomic E-state index is -0.291. The molecule has 4 aromatic rings. The van der Waals surface area contributed by atoms with Gasteiger partial charge in [0.05, 0.1) is 36.6 Å². The molecule has 4 rings (SSSR count). The number of rotatable bonds is 16. The van der Waals surface area contributed by atoms with Gasteiger partial charge in [-0.25, -0.2) is 0 Å². The molecule has 2 atom stereocenters. The highest BCUT2D eigenvalue weighted by molar-refractivity contribution is 5.96. The first-order valence-electron chi connectivity index (χ1n) is 15.0. The third-order valence-corrected chi connectivity index (χ3v) is 7.24. The topological polar surface area (TPSA) is 127 Å². The summed E-state index contributed by atoms with van der Waals surface area (Å²) in [5.74, 6) is 0.957. The fourth-order valence-electron chi connectivity index (χ4n) is 4.97. The van der Waals surface area contributed by atoms with E-state index >= 15 is 0 Å². The van der Waals surface area contributed by atoms with Crippen molar-refractivity contribution in [3.63, 3.8) is 0 Å². The van der Waals surface area contributed by atoms with Gasteiger partial charge < -0.3 is 30.7 Å². The third kappa shape index (κ3) is 9.32. The molecule has 0 aliphatic carbocycles. The van der Waals surface area contributed by atoms with Crippen LogP contribution < -0.4 is 30.7 Å². The van der Waals surface area contributed by atoms with Crippen molar-refractivity contribution in [1.82, 2.24) is 20.6 Å². The number of benzene rings is 2. The Morgan fingerprint density at radius 3 is 1.57 bits per heavy atom. The Labute approximate surface area is 258 Å². The maximum atomic E-state index is 12.2. The van der Waals surface area contributed by atoms with Gasteiger partial charge in [0.1, 0.15) is 11.5 Å². The number of amides is 2. The SMILES string of the molecule is COc1cc(NC(C)CCCNC(=O)/C=C\C(=O)NCCCC(C)Nc2cc(OC)cc3cccnc23)c2ncccc2c1. The van der Waals surface area contributed by atoms with Gasteiger partial charge in [0.25, 0.3) is 0 Å². The average molecular weight is 599 g/mol. The van der Waals surface area contributed by atoms with Gasteiger partial charge in [-0.15, -0.1) is 0 Å². The maximum Gasteiger partial charge on any atom is 0.244 e. The first-order valence-corrected chi connectivity index (χ1v) is 15.0. The van der Waals surface area contributed by atoms with Crippen molar-refractivity contribution in [2.45, 2.75) is 51.6 Å². The van der Waals surface area contributed by atoms with Crippen LogP contribution in [0, 0.1) is 0 Å². The molecule has 2 aromatic carbocycles. The van der Waals surface area contributed by atoms with Gasteiger partial charge in [-0.3, -0.25) is 19.6 Å². The van der Waals surface area contributed by atoms with Crippen molar-refractivity contribution >= 4 is 45.0 Å². The van der Waals surface area contributed by atoms with Crippen LogP contribution in [0.5, 0.6) is 11.5 Å². The second kappa shape index (κ2) is 16.1. The van der Waals surface area contributed by atoms with Crippen LogP contribution in [0.3, 0.4) is 0 Å². The van der Waals surface area contributed by atoms with Crippen LogP contribution in [-0.4, -0.2) is 61.2 Å². The summed E-state index contributed by atoms with van der Waals surface area (Å²) < 4.78 is 10.9. The first kappa shape index (κ1) is 32.1. The highest BCUT2D eigenvalue weighted by atomic mass is 16.5. The van der Waals surface area contributed by atoms with Crippen LogP contribution in [0.1, 0.15) is 39.5 Å². The lowest BCUT2D eigenvalue weighted by molar-refractivity contribution is -0.118. The molecule has 2 unspecified atom stereocenters. The number of carbonyl (C=O) groups is 2. The maximum absolute atomic E-state index is 12.2. The van der Waals surface area contributed by atoms with Gasteiger partial charge >= 0.3 is 0 Å². The van der Waals surface area contributed by atoms with Crippen LogP contribution in [-0.2, 0) is 9.59 Å². The summed E-state index contributed by atoms with van der Waals surface area (Å²) in [5, 5.41) is 14.7. The normalized spacial score (nSPS) is 12.5. The monoisotopic (exact) mass is 598 g/mol. The Balaban J connectivity index is 1.11. The lowest BCUT2D eigenvalue weighted by Gasteiger charge is -2.17. The molecule has 44 heavy (non-hydrogen) atoms. The van der Waals surface area contributed by atoms with E-state index in [2.05, 4.69) is 45.1 Å². The molecule has 10 nitrogen and oxygen atoms in total. The van der Waals surface area contributed by atoms with Crippen LogP contribution >= 0.6 is 0 Å². The van der Waals surface area contributed by atoms with E-state index in [1.165, 1.54) is 12.2 Å². The number of carbonyl (C=O) groups excluding carboxylic acids is 2. The number of ether oxygens (including phenoxy) is 2. The minimum absolute atomic E-state index is 0.162. The highest BCUT2D eigenvalue weighted by Crippen LogP contribution is 2.29. The van der Waals surface area contributed by atoms with Crippen LogP contribution in [0.2, 0.25) is 0 Å². The summed E-state index contributed by atoms with van der Waals surface area (Å²) in [5.41, 5.74) is 3.61. The van der Waals surface area contributed by atoms with Gasteiger partial charge in [-0.05, 0) is 63.8 Å². The summed E-state index contributed by atoms with van der Waals surface area (Å²) in [6.07, 6.45) is 9.34. The molecule has 0 fully saturated rings. The smallest absolute Gasteiger partial charge is 0.244 e. The minimum Gasteiger partial charge on any atom is -0.497 e. The van der Waals surface area contributed by atoms with Crippen molar-refractivity contribution in [2.24, 2.45) is 0 Å². The first-order chi connectivity index (χ1) is 21.4. The second-order valence-corrected chi connectivity index (χ2v) is 10.8. The number of fused-ring (bicyclic) bond motifs is 2. The predicted molar refractivity (Wildman–Crippen MR) is 176 cm³/mol. The molecule has 0 aliphatic rings. The number of pyridine rings is 2. The number of aromatic nitrogens is 2. The van der Waals surface area contributed by atoms with E-state index in [9.17, 15) is 9.59 Å². The van der Waals surface area contributed by atoms with Gasteiger partial charge in [0.15, 0.2) is 0 Å². The molecule has 4 N–H and O–H groups in total. The molecule has 2 aromatic heterocycles. The molecular formula is C34H42N6O4. The molecule has 0 aliphatic heterocycles. The van der Waals surface area contributed by atoms with Gasteiger partial charge in [0.2, 0.25) is 11.8 Å². The number of anilines is 2. The lowest BCUT2D eigenvalue weighted by atomic mass is 10.1. The average Bonchev–Trinajstić information content (AvgIpc) is 3.03. The van der Waals surface area contributed by atoms with E-state index in [1.807, 2.05) is 48.5 Å². The largest absolute Gasteiger partial charge is 0.497 e. The molecule has 2 amide bonds. The zero-order valence-corrected chi connectivity index (χ0v) is 25.9. The Morgan fingerprint density at radius 2 is 1.16 bits per heavy atom. The Hall–Kier alpha value is -4.86. The van der Waals surface area contributed by atoms with E-state index in [4.69, 9.17) is 9.47 Å².